The normalized spacial score (nSPS) is 13.1. The van der Waals surface area contributed by atoms with Gasteiger partial charge in [-0.3, -0.25) is 0 Å². The first-order chi connectivity index (χ1) is 15.3. The molecule has 0 N–H and O–H groups in total. The number of rotatable bonds is 5. The first-order valence-electron chi connectivity index (χ1n) is 12.5. The fraction of sp³-hybridized carbons (Fsp3) is 0.581. The van der Waals surface area contributed by atoms with Crippen molar-refractivity contribution < 1.29 is 15.0 Å². The van der Waals surface area contributed by atoms with Gasteiger partial charge >= 0.3 is 91.3 Å². The van der Waals surface area contributed by atoms with E-state index in [-0.39, 0.29) is 15.8 Å². The Morgan fingerprint density at radius 3 is 0.941 bits per heavy atom. The van der Waals surface area contributed by atoms with E-state index in [1.165, 1.54) is 12.3 Å². The predicted octanol–water partition coefficient (Wildman–Crippen LogP) is 9.95. The van der Waals surface area contributed by atoms with Crippen molar-refractivity contribution in [2.45, 2.75) is 104 Å². The molecule has 0 heterocycles. The molecule has 0 bridgehead atoms. The summed E-state index contributed by atoms with van der Waals surface area (Å²) in [5.41, 5.74) is 2.25. The van der Waals surface area contributed by atoms with Gasteiger partial charge < -0.3 is 0 Å². The Morgan fingerprint density at radius 1 is 0.500 bits per heavy atom. The van der Waals surface area contributed by atoms with Gasteiger partial charge in [-0.15, -0.1) is 0 Å². The van der Waals surface area contributed by atoms with Gasteiger partial charge in [0, 0.05) is 0 Å². The van der Waals surface area contributed by atoms with Crippen LogP contribution in [0.3, 0.4) is 0 Å². The molecule has 0 unspecified atom stereocenters. The van der Waals surface area contributed by atoms with E-state index in [2.05, 4.69) is 83.1 Å². The summed E-state index contributed by atoms with van der Waals surface area (Å²) < 4.78 is 0.950. The minimum absolute atomic E-state index is 0.0466. The van der Waals surface area contributed by atoms with Crippen LogP contribution in [0.2, 0.25) is 0 Å². The molecule has 3 heteroatoms. The molecule has 34 heavy (non-hydrogen) atoms. The molecule has 2 aromatic carbocycles. The summed E-state index contributed by atoms with van der Waals surface area (Å²) in [6.45, 7) is 29.3. The number of hydrogen-bond acceptors (Lipinski definition) is 0. The van der Waals surface area contributed by atoms with Gasteiger partial charge in [-0.1, -0.05) is 98.9 Å². The SMILES string of the molecule is CC(C)(C)P(CCP(C(C)(C)C)C(C)(C)C)C(C)(C)C.[Ni]=[C](c1ccccc1)c1ccccc1. The summed E-state index contributed by atoms with van der Waals surface area (Å²) in [7, 11) is 0.0933. The van der Waals surface area contributed by atoms with Crippen molar-refractivity contribution in [2.75, 3.05) is 12.3 Å². The average molecular weight is 543 g/mol. The molecule has 2 rings (SSSR count). The van der Waals surface area contributed by atoms with Crippen LogP contribution in [0.1, 0.15) is 94.2 Å². The summed E-state index contributed by atoms with van der Waals surface area (Å²) in [4.78, 5) is 0. The molecule has 0 saturated heterocycles. The Morgan fingerprint density at radius 2 is 0.735 bits per heavy atom. The van der Waals surface area contributed by atoms with E-state index >= 15 is 0 Å². The molecule has 0 nitrogen and oxygen atoms in total. The van der Waals surface area contributed by atoms with Crippen LogP contribution >= 0.6 is 15.8 Å². The first kappa shape index (κ1) is 31.7. The Bertz CT molecular complexity index is 759. The van der Waals surface area contributed by atoms with Crippen molar-refractivity contribution in [3.63, 3.8) is 0 Å². The van der Waals surface area contributed by atoms with Gasteiger partial charge in [-0.25, -0.2) is 0 Å². The summed E-state index contributed by atoms with van der Waals surface area (Å²) in [6.07, 6.45) is 2.87. The van der Waals surface area contributed by atoms with Crippen molar-refractivity contribution in [1.82, 2.24) is 0 Å². The zero-order valence-electron chi connectivity index (χ0n) is 23.9. The van der Waals surface area contributed by atoms with Crippen LogP contribution < -0.4 is 0 Å². The molecule has 0 spiro atoms. The molecule has 0 saturated carbocycles. The Labute approximate surface area is 222 Å². The zero-order chi connectivity index (χ0) is 26.4. The quantitative estimate of drug-likeness (QED) is 0.260. The molecule has 0 fully saturated rings. The third-order valence-corrected chi connectivity index (χ3v) is 14.5. The number of hydrogen-bond donors (Lipinski definition) is 0. The van der Waals surface area contributed by atoms with E-state index in [1.54, 1.807) is 0 Å². The zero-order valence-corrected chi connectivity index (χ0v) is 26.7. The fourth-order valence-electron chi connectivity index (χ4n) is 4.87. The van der Waals surface area contributed by atoms with Crippen molar-refractivity contribution in [3.05, 3.63) is 71.8 Å². The topological polar surface area (TPSA) is 0 Å². The molecule has 0 amide bonds. The van der Waals surface area contributed by atoms with Gasteiger partial charge in [0.1, 0.15) is 0 Å². The second-order valence-electron chi connectivity index (χ2n) is 13.0. The Kier molecular flexibility index (Phi) is 11.9. The summed E-state index contributed by atoms with van der Waals surface area (Å²) >= 11 is 5.06. The van der Waals surface area contributed by atoms with E-state index in [0.29, 0.717) is 20.6 Å². The monoisotopic (exact) mass is 542 g/mol. The van der Waals surface area contributed by atoms with E-state index in [0.717, 1.165) is 15.6 Å². The molecule has 0 aromatic heterocycles. The van der Waals surface area contributed by atoms with Crippen LogP contribution in [-0.2, 0) is 15.0 Å². The molecule has 0 atom stereocenters. The molecule has 0 radical (unpaired) electrons. The third kappa shape index (κ3) is 10.7. The molecule has 0 aliphatic carbocycles. The van der Waals surface area contributed by atoms with E-state index in [9.17, 15) is 0 Å². The van der Waals surface area contributed by atoms with E-state index in [1.807, 2.05) is 60.7 Å². The van der Waals surface area contributed by atoms with Crippen molar-refractivity contribution in [1.29, 1.82) is 0 Å². The Hall–Kier alpha value is -0.336. The van der Waals surface area contributed by atoms with Crippen molar-refractivity contribution >= 4 is 20.3 Å². The van der Waals surface area contributed by atoms with E-state index in [4.69, 9.17) is 15.0 Å². The van der Waals surface area contributed by atoms with Crippen LogP contribution in [-0.4, -0.2) is 37.4 Å². The van der Waals surface area contributed by atoms with Crippen LogP contribution in [0.25, 0.3) is 0 Å². The minimum atomic E-state index is 0.0466. The van der Waals surface area contributed by atoms with Crippen LogP contribution in [0.4, 0.5) is 0 Å². The van der Waals surface area contributed by atoms with E-state index < -0.39 is 0 Å². The van der Waals surface area contributed by atoms with Crippen molar-refractivity contribution in [2.24, 2.45) is 0 Å². The van der Waals surface area contributed by atoms with Crippen LogP contribution in [0.5, 0.6) is 0 Å². The van der Waals surface area contributed by atoms with Crippen LogP contribution in [0.15, 0.2) is 60.7 Å². The number of benzene rings is 2. The second kappa shape index (κ2) is 12.8. The molecule has 0 aliphatic rings. The average Bonchev–Trinajstić information content (AvgIpc) is 2.68. The van der Waals surface area contributed by atoms with Gasteiger partial charge in [-0.05, 0) is 32.9 Å². The van der Waals surface area contributed by atoms with Gasteiger partial charge in [0.15, 0.2) is 0 Å². The molecular formula is C31H50NiP2. The second-order valence-corrected chi connectivity index (χ2v) is 21.5. The third-order valence-electron chi connectivity index (χ3n) is 5.81. The Balaban J connectivity index is 0.000000358. The standard InChI is InChI=1S/C18H40P2.C13H10.Ni/c1-15(2,3)19(16(4,5)6)13-14-20(17(7,8)9)18(10,11)12;1-3-7-12(8-4-1)11-13-9-5-2-6-10-13;/h13-14H2,1-12H3;1-10H;. The maximum absolute atomic E-state index is 5.06. The van der Waals surface area contributed by atoms with Gasteiger partial charge in [0.05, 0.1) is 0 Å². The molecule has 2 aromatic rings. The predicted molar refractivity (Wildman–Crippen MR) is 159 cm³/mol. The first-order valence-corrected chi connectivity index (χ1v) is 16.1. The van der Waals surface area contributed by atoms with Gasteiger partial charge in [-0.2, -0.15) is 0 Å². The van der Waals surface area contributed by atoms with Crippen LogP contribution in [0, 0.1) is 0 Å². The van der Waals surface area contributed by atoms with Gasteiger partial charge in [0.2, 0.25) is 0 Å². The summed E-state index contributed by atoms with van der Waals surface area (Å²) in [5.74, 6) is 0. The summed E-state index contributed by atoms with van der Waals surface area (Å²) in [6, 6.07) is 20.2. The molecule has 194 valence electrons. The maximum atomic E-state index is 5.06. The molecular weight excluding hydrogens is 493 g/mol. The summed E-state index contributed by atoms with van der Waals surface area (Å²) in [5, 5.41) is 1.85. The molecule has 0 aliphatic heterocycles. The van der Waals surface area contributed by atoms with Gasteiger partial charge in [0.25, 0.3) is 0 Å². The fourth-order valence-corrected chi connectivity index (χ4v) is 13.5. The van der Waals surface area contributed by atoms with Crippen molar-refractivity contribution in [3.8, 4) is 0 Å².